The summed E-state index contributed by atoms with van der Waals surface area (Å²) in [5.41, 5.74) is 2.15. The van der Waals surface area contributed by atoms with Crippen LogP contribution < -0.4 is 14.5 Å². The minimum Gasteiger partial charge on any atom is -0.508 e. The van der Waals surface area contributed by atoms with Crippen molar-refractivity contribution in [3.8, 4) is 11.5 Å². The second-order valence-corrected chi connectivity index (χ2v) is 12.1. The molecule has 2 saturated heterocycles. The topological polar surface area (TPSA) is 113 Å². The highest BCUT2D eigenvalue weighted by Crippen LogP contribution is 2.56. The number of hydrogen-bond acceptors (Lipinski definition) is 8. The van der Waals surface area contributed by atoms with Crippen LogP contribution in [-0.4, -0.2) is 61.2 Å². The summed E-state index contributed by atoms with van der Waals surface area (Å²) in [6.07, 6.45) is -1.96. The van der Waals surface area contributed by atoms with Crippen molar-refractivity contribution < 1.29 is 46.9 Å². The van der Waals surface area contributed by atoms with Crippen LogP contribution in [0.2, 0.25) is 0 Å². The van der Waals surface area contributed by atoms with Gasteiger partial charge in [0.2, 0.25) is 11.8 Å². The highest BCUT2D eigenvalue weighted by Gasteiger charge is 2.57. The lowest BCUT2D eigenvalue weighted by atomic mass is 9.59. The number of ether oxygens (including phenoxy) is 2. The molecule has 2 aromatic rings. The summed E-state index contributed by atoms with van der Waals surface area (Å²) in [6, 6.07) is 10.1. The van der Waals surface area contributed by atoms with Crippen LogP contribution in [0, 0.1) is 17.8 Å². The average Bonchev–Trinajstić information content (AvgIpc) is 3.29. The van der Waals surface area contributed by atoms with Gasteiger partial charge in [-0.3, -0.25) is 24.1 Å². The van der Waals surface area contributed by atoms with E-state index in [1.807, 2.05) is 12.1 Å². The first-order valence-corrected chi connectivity index (χ1v) is 15.0. The molecule has 0 unspecified atom stereocenters. The molecule has 238 valence electrons. The molecule has 4 atom stereocenters. The van der Waals surface area contributed by atoms with E-state index in [0.29, 0.717) is 24.5 Å². The van der Waals surface area contributed by atoms with Crippen molar-refractivity contribution in [2.45, 2.75) is 32.0 Å². The lowest BCUT2D eigenvalue weighted by Crippen LogP contribution is -2.39. The number of aromatic hydroxyl groups is 1. The Balaban J connectivity index is 1.28. The Hall–Kier alpha value is -4.71. The SMILES string of the molecule is CC1=CC(=O)C2=C(C[C@@H]3C(=CC[C@@H]4C(=O)N(c5ccc(N6CCOCC6)cc5)C(=O)[C@@H]43)[C@@H]2c2cc(OC(F)(F)F)ccc2O)C1=O. The maximum absolute atomic E-state index is 14.2. The van der Waals surface area contributed by atoms with Crippen LogP contribution in [0.4, 0.5) is 24.5 Å². The van der Waals surface area contributed by atoms with E-state index < -0.39 is 59.0 Å². The third-order valence-corrected chi connectivity index (χ3v) is 9.59. The van der Waals surface area contributed by atoms with E-state index in [-0.39, 0.29) is 41.0 Å². The van der Waals surface area contributed by atoms with Crippen molar-refractivity contribution in [2.24, 2.45) is 17.8 Å². The number of carbonyl (C=O) groups excluding carboxylic acids is 4. The molecule has 0 radical (unpaired) electrons. The van der Waals surface area contributed by atoms with E-state index in [2.05, 4.69) is 9.64 Å². The van der Waals surface area contributed by atoms with Crippen LogP contribution in [0.3, 0.4) is 0 Å². The molecule has 2 aromatic carbocycles. The van der Waals surface area contributed by atoms with Crippen LogP contribution in [0.1, 0.15) is 31.2 Å². The Kier molecular flexibility index (Phi) is 7.15. The van der Waals surface area contributed by atoms with Crippen LogP contribution >= 0.6 is 0 Å². The minimum atomic E-state index is -5.01. The van der Waals surface area contributed by atoms with Gasteiger partial charge in [0.25, 0.3) is 0 Å². The molecule has 46 heavy (non-hydrogen) atoms. The van der Waals surface area contributed by atoms with Crippen molar-refractivity contribution in [2.75, 3.05) is 36.1 Å². The minimum absolute atomic E-state index is 0.00306. The number of carbonyl (C=O) groups is 4. The maximum Gasteiger partial charge on any atom is 0.573 e. The monoisotopic (exact) mass is 634 g/mol. The molecule has 2 aliphatic heterocycles. The van der Waals surface area contributed by atoms with Gasteiger partial charge in [-0.05, 0) is 74.2 Å². The quantitative estimate of drug-likeness (QED) is 0.291. The van der Waals surface area contributed by atoms with E-state index >= 15 is 0 Å². The molecular weight excluding hydrogens is 605 g/mol. The molecule has 0 bridgehead atoms. The maximum atomic E-state index is 14.2. The fraction of sp³-hybridized carbons (Fsp3) is 0.353. The number of alkyl halides is 3. The zero-order chi connectivity index (χ0) is 32.5. The van der Waals surface area contributed by atoms with Gasteiger partial charge in [0.15, 0.2) is 11.6 Å². The van der Waals surface area contributed by atoms with Crippen LogP contribution in [0.15, 0.2) is 76.9 Å². The van der Waals surface area contributed by atoms with Gasteiger partial charge in [-0.25, -0.2) is 0 Å². The Morgan fingerprint density at radius 2 is 1.63 bits per heavy atom. The van der Waals surface area contributed by atoms with Gasteiger partial charge in [0.05, 0.1) is 30.7 Å². The van der Waals surface area contributed by atoms with E-state index in [0.717, 1.165) is 37.0 Å². The first-order valence-electron chi connectivity index (χ1n) is 15.0. The van der Waals surface area contributed by atoms with E-state index in [9.17, 15) is 37.5 Å². The molecule has 0 aromatic heterocycles. The lowest BCUT2D eigenvalue weighted by Gasteiger charge is -2.42. The number of nitrogens with zero attached hydrogens (tertiary/aromatic N) is 2. The first kappa shape index (κ1) is 30.0. The number of amides is 2. The van der Waals surface area contributed by atoms with Crippen molar-refractivity contribution in [3.05, 3.63) is 82.5 Å². The molecule has 2 amide bonds. The van der Waals surface area contributed by atoms with Crippen LogP contribution in [0.25, 0.3) is 0 Å². The summed E-state index contributed by atoms with van der Waals surface area (Å²) in [5, 5.41) is 10.9. The summed E-state index contributed by atoms with van der Waals surface area (Å²) in [5.74, 6) is -6.24. The molecule has 12 heteroatoms. The summed E-state index contributed by atoms with van der Waals surface area (Å²) in [4.78, 5) is 58.2. The smallest absolute Gasteiger partial charge is 0.508 e. The fourth-order valence-electron chi connectivity index (χ4n) is 7.59. The molecule has 0 spiro atoms. The molecule has 2 fully saturated rings. The van der Waals surface area contributed by atoms with Crippen LogP contribution in [0.5, 0.6) is 11.5 Å². The zero-order valence-electron chi connectivity index (χ0n) is 24.7. The third kappa shape index (κ3) is 4.91. The molecule has 7 rings (SSSR count). The van der Waals surface area contributed by atoms with Crippen molar-refractivity contribution >= 4 is 34.8 Å². The van der Waals surface area contributed by atoms with Gasteiger partial charge in [-0.2, -0.15) is 0 Å². The van der Waals surface area contributed by atoms with E-state index in [4.69, 9.17) is 4.74 Å². The highest BCUT2D eigenvalue weighted by molar-refractivity contribution is 6.25. The van der Waals surface area contributed by atoms with Crippen molar-refractivity contribution in [1.29, 1.82) is 0 Å². The number of Topliss-reactive ketones (excluding diaryl/α,β-unsaturated/α-hetero) is 1. The number of allylic oxidation sites excluding steroid dienone is 6. The second kappa shape index (κ2) is 11.0. The van der Waals surface area contributed by atoms with Gasteiger partial charge in [-0.15, -0.1) is 13.2 Å². The Bertz CT molecular complexity index is 1770. The molecular formula is C34H29F3N2O7. The lowest BCUT2D eigenvalue weighted by molar-refractivity contribution is -0.274. The summed E-state index contributed by atoms with van der Waals surface area (Å²) >= 11 is 0. The normalized spacial score (nSPS) is 26.4. The fourth-order valence-corrected chi connectivity index (χ4v) is 7.59. The third-order valence-electron chi connectivity index (χ3n) is 9.59. The number of ketones is 2. The van der Waals surface area contributed by atoms with Gasteiger partial charge >= 0.3 is 6.36 Å². The molecule has 0 saturated carbocycles. The standard InChI is InChI=1S/C34H29F3N2O7/c1-17-14-27(41)30-25(31(17)42)16-23-21(28(30)24-15-20(6-9-26(24)40)46-34(35,36)37)7-8-22-29(23)33(44)39(32(22)43)19-4-2-18(3-5-19)38-10-12-45-13-11-38/h2-7,9,14-15,22-23,28-29,40H,8,10-13,16H2,1H3/t22-,23+,28+,29-/m0/s1. The summed E-state index contributed by atoms with van der Waals surface area (Å²) < 4.78 is 48.9. The number of phenolic OH excluding ortho intramolecular Hbond substituents is 1. The molecule has 1 N–H and O–H groups in total. The summed E-state index contributed by atoms with van der Waals surface area (Å²) in [6.45, 7) is 4.14. The number of fused-ring (bicyclic) bond motifs is 3. The molecule has 3 aliphatic carbocycles. The second-order valence-electron chi connectivity index (χ2n) is 12.1. The van der Waals surface area contributed by atoms with Crippen LogP contribution in [-0.2, 0) is 23.9 Å². The van der Waals surface area contributed by atoms with Gasteiger partial charge in [-0.1, -0.05) is 11.6 Å². The number of imide groups is 1. The molecule has 5 aliphatic rings. The predicted molar refractivity (Wildman–Crippen MR) is 158 cm³/mol. The molecule has 2 heterocycles. The number of anilines is 2. The number of phenols is 1. The number of halogens is 3. The Morgan fingerprint density at radius 1 is 0.935 bits per heavy atom. The highest BCUT2D eigenvalue weighted by atomic mass is 19.4. The zero-order valence-corrected chi connectivity index (χ0v) is 24.7. The predicted octanol–water partition coefficient (Wildman–Crippen LogP) is 4.76. The first-order chi connectivity index (χ1) is 21.9. The van der Waals surface area contributed by atoms with Crippen molar-refractivity contribution in [1.82, 2.24) is 0 Å². The van der Waals surface area contributed by atoms with Gasteiger partial charge in [0, 0.05) is 47.0 Å². The molecule has 9 nitrogen and oxygen atoms in total. The largest absolute Gasteiger partial charge is 0.573 e. The van der Waals surface area contributed by atoms with Gasteiger partial charge < -0.3 is 19.5 Å². The Morgan fingerprint density at radius 3 is 2.33 bits per heavy atom. The average molecular weight is 635 g/mol. The number of benzene rings is 2. The Labute approximate surface area is 261 Å². The number of hydrogen-bond donors (Lipinski definition) is 1. The van der Waals surface area contributed by atoms with Crippen molar-refractivity contribution in [3.63, 3.8) is 0 Å². The number of rotatable bonds is 4. The van der Waals surface area contributed by atoms with E-state index in [1.165, 1.54) is 17.9 Å². The van der Waals surface area contributed by atoms with Gasteiger partial charge in [0.1, 0.15) is 11.5 Å². The van der Waals surface area contributed by atoms with E-state index in [1.54, 1.807) is 18.2 Å². The summed E-state index contributed by atoms with van der Waals surface area (Å²) in [7, 11) is 0. The number of morpholine rings is 1.